The van der Waals surface area contributed by atoms with Gasteiger partial charge in [0.15, 0.2) is 0 Å². The van der Waals surface area contributed by atoms with E-state index in [0.29, 0.717) is 6.23 Å². The predicted octanol–water partition coefficient (Wildman–Crippen LogP) is 1.11. The highest BCUT2D eigenvalue weighted by atomic mass is 28.4. The lowest BCUT2D eigenvalue weighted by atomic mass is 10.7. The first-order chi connectivity index (χ1) is 5.02. The van der Waals surface area contributed by atoms with Crippen LogP contribution < -0.4 is 0 Å². The average molecular weight is 174 g/mol. The standard InChI is InChI=1S/C7H14O3Si/c1-5-7(8)10-6-11(3,4)9-2/h5H,1,6H2,2-4H3. The van der Waals surface area contributed by atoms with Gasteiger partial charge in [-0.05, 0) is 13.1 Å². The summed E-state index contributed by atoms with van der Waals surface area (Å²) in [5, 5.41) is 0. The van der Waals surface area contributed by atoms with Crippen molar-refractivity contribution in [3.63, 3.8) is 0 Å². The zero-order chi connectivity index (χ0) is 8.91. The fourth-order valence-corrected chi connectivity index (χ4v) is 0.970. The third-order valence-corrected chi connectivity index (χ3v) is 3.23. The third kappa shape index (κ3) is 4.75. The van der Waals surface area contributed by atoms with E-state index in [-0.39, 0.29) is 5.97 Å². The second-order valence-electron chi connectivity index (χ2n) is 2.78. The minimum atomic E-state index is -1.75. The first-order valence-corrected chi connectivity index (χ1v) is 6.48. The summed E-state index contributed by atoms with van der Waals surface area (Å²) in [5.74, 6) is -0.386. The molecule has 11 heavy (non-hydrogen) atoms. The van der Waals surface area contributed by atoms with Crippen molar-refractivity contribution >= 4 is 14.3 Å². The van der Waals surface area contributed by atoms with Gasteiger partial charge in [0.2, 0.25) is 8.32 Å². The summed E-state index contributed by atoms with van der Waals surface area (Å²) < 4.78 is 9.99. The number of hydrogen-bond donors (Lipinski definition) is 0. The van der Waals surface area contributed by atoms with Crippen LogP contribution >= 0.6 is 0 Å². The van der Waals surface area contributed by atoms with E-state index in [1.807, 2.05) is 13.1 Å². The van der Waals surface area contributed by atoms with Crippen LogP contribution in [0.15, 0.2) is 12.7 Å². The Morgan fingerprint density at radius 3 is 2.55 bits per heavy atom. The van der Waals surface area contributed by atoms with Crippen molar-refractivity contribution in [2.45, 2.75) is 13.1 Å². The van der Waals surface area contributed by atoms with Gasteiger partial charge in [-0.1, -0.05) is 6.58 Å². The van der Waals surface area contributed by atoms with Crippen molar-refractivity contribution in [2.24, 2.45) is 0 Å². The van der Waals surface area contributed by atoms with Gasteiger partial charge in [-0.15, -0.1) is 0 Å². The lowest BCUT2D eigenvalue weighted by Gasteiger charge is -2.18. The number of hydrogen-bond acceptors (Lipinski definition) is 3. The smallest absolute Gasteiger partial charge is 0.329 e. The molecule has 0 N–H and O–H groups in total. The van der Waals surface area contributed by atoms with Crippen molar-refractivity contribution in [1.82, 2.24) is 0 Å². The Morgan fingerprint density at radius 2 is 2.18 bits per heavy atom. The molecule has 0 saturated heterocycles. The zero-order valence-corrected chi connectivity index (χ0v) is 8.22. The molecule has 0 radical (unpaired) electrons. The number of carbonyl (C=O) groups excluding carboxylic acids is 1. The summed E-state index contributed by atoms with van der Waals surface area (Å²) in [6.45, 7) is 7.24. The maximum Gasteiger partial charge on any atom is 0.329 e. The van der Waals surface area contributed by atoms with Gasteiger partial charge >= 0.3 is 5.97 Å². The van der Waals surface area contributed by atoms with Crippen molar-refractivity contribution < 1.29 is 14.0 Å². The Bertz CT molecular complexity index is 154. The molecule has 0 spiro atoms. The lowest BCUT2D eigenvalue weighted by molar-refractivity contribution is -0.136. The van der Waals surface area contributed by atoms with Gasteiger partial charge in [0.1, 0.15) is 6.23 Å². The lowest BCUT2D eigenvalue weighted by Crippen LogP contribution is -2.36. The van der Waals surface area contributed by atoms with E-state index in [2.05, 4.69) is 6.58 Å². The number of ether oxygens (including phenoxy) is 1. The van der Waals surface area contributed by atoms with Crippen molar-refractivity contribution in [2.75, 3.05) is 13.3 Å². The molecule has 3 nitrogen and oxygen atoms in total. The summed E-state index contributed by atoms with van der Waals surface area (Å²) in [5.41, 5.74) is 0. The van der Waals surface area contributed by atoms with Crippen LogP contribution in [0, 0.1) is 0 Å². The van der Waals surface area contributed by atoms with E-state index in [1.165, 1.54) is 0 Å². The molecule has 0 bridgehead atoms. The molecule has 0 unspecified atom stereocenters. The molecule has 0 aromatic carbocycles. The molecule has 64 valence electrons. The minimum Gasteiger partial charge on any atom is -0.463 e. The van der Waals surface area contributed by atoms with E-state index in [9.17, 15) is 4.79 Å². The molecule has 0 aliphatic rings. The van der Waals surface area contributed by atoms with Gasteiger partial charge in [0.25, 0.3) is 0 Å². The van der Waals surface area contributed by atoms with Crippen LogP contribution in [-0.4, -0.2) is 27.6 Å². The molecule has 0 amide bonds. The van der Waals surface area contributed by atoms with E-state index >= 15 is 0 Å². The Hall–Kier alpha value is -0.613. The number of esters is 1. The fourth-order valence-electron chi connectivity index (χ4n) is 0.363. The molecule has 0 aliphatic heterocycles. The molecule has 0 saturated carbocycles. The Labute approximate surface area is 68.1 Å². The molecule has 4 heteroatoms. The molecule has 0 aromatic heterocycles. The molecule has 0 fully saturated rings. The summed E-state index contributed by atoms with van der Waals surface area (Å²) in [6, 6.07) is 0. The summed E-state index contributed by atoms with van der Waals surface area (Å²) in [4.78, 5) is 10.6. The highest BCUT2D eigenvalue weighted by molar-refractivity contribution is 6.71. The number of rotatable bonds is 4. The molecular formula is C7H14O3Si. The second-order valence-corrected chi connectivity index (χ2v) is 6.99. The largest absolute Gasteiger partial charge is 0.463 e. The monoisotopic (exact) mass is 174 g/mol. The van der Waals surface area contributed by atoms with Crippen LogP contribution in [0.3, 0.4) is 0 Å². The molecule has 0 aliphatic carbocycles. The second kappa shape index (κ2) is 4.30. The molecule has 0 rings (SSSR count). The van der Waals surface area contributed by atoms with Crippen molar-refractivity contribution in [3.05, 3.63) is 12.7 Å². The number of carbonyl (C=O) groups is 1. The average Bonchev–Trinajstić information content (AvgIpc) is 2.00. The minimum absolute atomic E-state index is 0.383. The van der Waals surface area contributed by atoms with Crippen LogP contribution in [0.2, 0.25) is 13.1 Å². The van der Waals surface area contributed by atoms with Crippen LogP contribution in [0.25, 0.3) is 0 Å². The van der Waals surface area contributed by atoms with Crippen molar-refractivity contribution in [3.8, 4) is 0 Å². The van der Waals surface area contributed by atoms with Crippen LogP contribution in [-0.2, 0) is 14.0 Å². The molecule has 0 heterocycles. The van der Waals surface area contributed by atoms with Crippen molar-refractivity contribution in [1.29, 1.82) is 0 Å². The Kier molecular flexibility index (Phi) is 4.06. The molecule has 0 atom stereocenters. The van der Waals surface area contributed by atoms with Crippen LogP contribution in [0.4, 0.5) is 0 Å². The van der Waals surface area contributed by atoms with E-state index < -0.39 is 8.32 Å². The van der Waals surface area contributed by atoms with Gasteiger partial charge in [0, 0.05) is 13.2 Å². The van der Waals surface area contributed by atoms with Crippen LogP contribution in [0.5, 0.6) is 0 Å². The Morgan fingerprint density at radius 1 is 1.64 bits per heavy atom. The molecular weight excluding hydrogens is 160 g/mol. The SMILES string of the molecule is C=CC(=O)OC[Si](C)(C)OC. The van der Waals surface area contributed by atoms with Gasteiger partial charge in [-0.25, -0.2) is 4.79 Å². The first kappa shape index (κ1) is 10.4. The topological polar surface area (TPSA) is 35.5 Å². The highest BCUT2D eigenvalue weighted by Crippen LogP contribution is 2.02. The first-order valence-electron chi connectivity index (χ1n) is 3.36. The third-order valence-electron chi connectivity index (χ3n) is 1.28. The maximum atomic E-state index is 10.6. The van der Waals surface area contributed by atoms with Gasteiger partial charge in [0.05, 0.1) is 0 Å². The zero-order valence-electron chi connectivity index (χ0n) is 7.22. The molecule has 0 aromatic rings. The fraction of sp³-hybridized carbons (Fsp3) is 0.571. The predicted molar refractivity (Wildman–Crippen MR) is 45.6 cm³/mol. The van der Waals surface area contributed by atoms with E-state index in [4.69, 9.17) is 9.16 Å². The Balaban J connectivity index is 3.69. The van der Waals surface area contributed by atoms with Gasteiger partial charge in [-0.2, -0.15) is 0 Å². The highest BCUT2D eigenvalue weighted by Gasteiger charge is 2.22. The van der Waals surface area contributed by atoms with E-state index in [0.717, 1.165) is 6.08 Å². The normalized spacial score (nSPS) is 10.8. The summed E-state index contributed by atoms with van der Waals surface area (Å²) >= 11 is 0. The maximum absolute atomic E-state index is 10.6. The van der Waals surface area contributed by atoms with Gasteiger partial charge in [-0.3, -0.25) is 0 Å². The van der Waals surface area contributed by atoms with Gasteiger partial charge < -0.3 is 9.16 Å². The summed E-state index contributed by atoms with van der Waals surface area (Å²) in [7, 11) is -0.114. The quantitative estimate of drug-likeness (QED) is 0.364. The summed E-state index contributed by atoms with van der Waals surface area (Å²) in [6.07, 6.45) is 1.54. The van der Waals surface area contributed by atoms with Crippen LogP contribution in [0.1, 0.15) is 0 Å². The van der Waals surface area contributed by atoms with E-state index in [1.54, 1.807) is 7.11 Å².